The van der Waals surface area contributed by atoms with Gasteiger partial charge < -0.3 is 5.32 Å². The van der Waals surface area contributed by atoms with E-state index in [1.165, 1.54) is 0 Å². The summed E-state index contributed by atoms with van der Waals surface area (Å²) in [5, 5.41) is 2.92. The highest BCUT2D eigenvalue weighted by Crippen LogP contribution is 2.39. The molecule has 1 aliphatic heterocycles. The van der Waals surface area contributed by atoms with Gasteiger partial charge in [0.2, 0.25) is 5.91 Å². The molecule has 0 spiro atoms. The van der Waals surface area contributed by atoms with Crippen molar-refractivity contribution in [2.75, 3.05) is 0 Å². The first kappa shape index (κ1) is 10.6. The van der Waals surface area contributed by atoms with Crippen LogP contribution in [0.2, 0.25) is 0 Å². The predicted molar refractivity (Wildman–Crippen MR) is 63.8 cm³/mol. The van der Waals surface area contributed by atoms with Crippen molar-refractivity contribution >= 4 is 18.5 Å². The Kier molecular flexibility index (Phi) is 2.51. The van der Waals surface area contributed by atoms with Crippen LogP contribution in [0.25, 0.3) is 0 Å². The molecule has 0 radical (unpaired) electrons. The van der Waals surface area contributed by atoms with Crippen LogP contribution in [0.15, 0.2) is 24.3 Å². The first-order chi connectivity index (χ1) is 7.03. The van der Waals surface area contributed by atoms with Gasteiger partial charge in [-0.3, -0.25) is 4.79 Å². The van der Waals surface area contributed by atoms with E-state index in [1.54, 1.807) is 0 Å². The van der Waals surface area contributed by atoms with Gasteiger partial charge in [0.15, 0.2) is 0 Å². The van der Waals surface area contributed by atoms with Crippen LogP contribution < -0.4 is 5.32 Å². The maximum absolute atomic E-state index is 11.7. The van der Waals surface area contributed by atoms with E-state index in [1.807, 2.05) is 32.0 Å². The molecule has 0 bridgehead atoms. The van der Waals surface area contributed by atoms with Gasteiger partial charge in [0.1, 0.15) is 0 Å². The zero-order valence-electron chi connectivity index (χ0n) is 8.95. The van der Waals surface area contributed by atoms with E-state index in [0.717, 1.165) is 11.1 Å². The Labute approximate surface area is 95.5 Å². The lowest BCUT2D eigenvalue weighted by atomic mass is 9.86. The first-order valence-corrected chi connectivity index (χ1v) is 5.56. The molecule has 3 heteroatoms. The van der Waals surface area contributed by atoms with Gasteiger partial charge in [-0.15, -0.1) is 0 Å². The molecule has 2 atom stereocenters. The predicted octanol–water partition coefficient (Wildman–Crippen LogP) is 2.10. The second-order valence-electron chi connectivity index (χ2n) is 4.24. The average molecular weight is 221 g/mol. The molecule has 1 aliphatic rings. The lowest BCUT2D eigenvalue weighted by Crippen LogP contribution is -2.34. The van der Waals surface area contributed by atoms with Gasteiger partial charge in [0.05, 0.1) is 5.92 Å². The number of rotatable bonds is 0. The molecule has 0 aromatic heterocycles. The second kappa shape index (κ2) is 3.56. The van der Waals surface area contributed by atoms with Gasteiger partial charge in [0, 0.05) is 11.3 Å². The highest BCUT2D eigenvalue weighted by Gasteiger charge is 2.37. The van der Waals surface area contributed by atoms with Crippen molar-refractivity contribution in [1.82, 2.24) is 5.32 Å². The summed E-state index contributed by atoms with van der Waals surface area (Å²) < 4.78 is -0.392. The van der Waals surface area contributed by atoms with Crippen molar-refractivity contribution in [3.63, 3.8) is 0 Å². The summed E-state index contributed by atoms with van der Waals surface area (Å²) >= 11 is 4.66. The minimum Gasteiger partial charge on any atom is -0.352 e. The molecule has 1 N–H and O–H groups in total. The third-order valence-electron chi connectivity index (χ3n) is 3.25. The summed E-state index contributed by atoms with van der Waals surface area (Å²) in [5.41, 5.74) is 2.31. The number of nitrogens with one attached hydrogen (secondary N) is 1. The number of fused-ring (bicyclic) bond motifs is 1. The third kappa shape index (κ3) is 1.65. The van der Waals surface area contributed by atoms with E-state index in [9.17, 15) is 4.79 Å². The summed E-state index contributed by atoms with van der Waals surface area (Å²) in [6, 6.07) is 8.09. The first-order valence-electron chi connectivity index (χ1n) is 5.12. The normalized spacial score (nSPS) is 30.3. The Morgan fingerprint density at radius 2 is 2.13 bits per heavy atom. The van der Waals surface area contributed by atoms with Gasteiger partial charge in [-0.25, -0.2) is 0 Å². The van der Waals surface area contributed by atoms with Gasteiger partial charge in [-0.1, -0.05) is 31.2 Å². The van der Waals surface area contributed by atoms with Crippen LogP contribution in [0, 0.1) is 5.92 Å². The number of carbonyl (C=O) groups excluding carboxylic acids is 1. The maximum Gasteiger partial charge on any atom is 0.224 e. The summed E-state index contributed by atoms with van der Waals surface area (Å²) in [4.78, 5) is 11.7. The van der Waals surface area contributed by atoms with Crippen LogP contribution in [0.4, 0.5) is 0 Å². The number of carbonyl (C=O) groups is 1. The molecule has 2 rings (SSSR count). The number of hydrogen-bond donors (Lipinski definition) is 2. The van der Waals surface area contributed by atoms with Crippen molar-refractivity contribution in [3.8, 4) is 0 Å². The highest BCUT2D eigenvalue weighted by atomic mass is 32.1. The molecule has 0 aliphatic carbocycles. The summed E-state index contributed by atoms with van der Waals surface area (Å²) in [6.07, 6.45) is 0. The van der Waals surface area contributed by atoms with Gasteiger partial charge in [-0.05, 0) is 18.1 Å². The molecule has 2 unspecified atom stereocenters. The fraction of sp³-hybridized carbons (Fsp3) is 0.417. The molecule has 15 heavy (non-hydrogen) atoms. The molecule has 80 valence electrons. The van der Waals surface area contributed by atoms with Gasteiger partial charge in [0.25, 0.3) is 0 Å². The molecule has 1 aromatic rings. The van der Waals surface area contributed by atoms with E-state index in [0.29, 0.717) is 6.54 Å². The van der Waals surface area contributed by atoms with Crippen molar-refractivity contribution in [2.45, 2.75) is 25.1 Å². The van der Waals surface area contributed by atoms with Crippen LogP contribution >= 0.6 is 12.6 Å². The minimum atomic E-state index is -0.392. The lowest BCUT2D eigenvalue weighted by Gasteiger charge is -2.28. The summed E-state index contributed by atoms with van der Waals surface area (Å²) in [6.45, 7) is 4.53. The Morgan fingerprint density at radius 1 is 1.47 bits per heavy atom. The fourth-order valence-electron chi connectivity index (χ4n) is 1.99. The standard InChI is InChI=1S/C12H15NOS/c1-8-11(14)13-7-9-5-3-4-6-10(9)12(8,2)15/h3-6,8,15H,7H2,1-2H3,(H,13,14). The smallest absolute Gasteiger partial charge is 0.224 e. The van der Waals surface area contributed by atoms with Gasteiger partial charge in [-0.2, -0.15) is 12.6 Å². The van der Waals surface area contributed by atoms with E-state index >= 15 is 0 Å². The van der Waals surface area contributed by atoms with Crippen LogP contribution in [0.5, 0.6) is 0 Å². The zero-order chi connectivity index (χ0) is 11.1. The molecule has 1 aromatic carbocycles. The van der Waals surface area contributed by atoms with Crippen molar-refractivity contribution in [2.24, 2.45) is 5.92 Å². The van der Waals surface area contributed by atoms with E-state index in [2.05, 4.69) is 24.0 Å². The van der Waals surface area contributed by atoms with Crippen LogP contribution in [-0.4, -0.2) is 5.91 Å². The van der Waals surface area contributed by atoms with E-state index in [-0.39, 0.29) is 11.8 Å². The Hall–Kier alpha value is -0.960. The SMILES string of the molecule is CC1C(=O)NCc2ccccc2C1(C)S. The van der Waals surface area contributed by atoms with Crippen molar-refractivity contribution < 1.29 is 4.79 Å². The third-order valence-corrected chi connectivity index (χ3v) is 3.88. The highest BCUT2D eigenvalue weighted by molar-refractivity contribution is 7.81. The zero-order valence-corrected chi connectivity index (χ0v) is 9.84. The largest absolute Gasteiger partial charge is 0.352 e. The lowest BCUT2D eigenvalue weighted by molar-refractivity contribution is -0.125. The molecule has 1 amide bonds. The van der Waals surface area contributed by atoms with Crippen LogP contribution in [0.1, 0.15) is 25.0 Å². The molecule has 0 saturated heterocycles. The fourth-order valence-corrected chi connectivity index (χ4v) is 2.33. The molecule has 2 nitrogen and oxygen atoms in total. The molecular weight excluding hydrogens is 206 g/mol. The van der Waals surface area contributed by atoms with E-state index in [4.69, 9.17) is 0 Å². The molecular formula is C12H15NOS. The van der Waals surface area contributed by atoms with Crippen molar-refractivity contribution in [3.05, 3.63) is 35.4 Å². The number of amides is 1. The maximum atomic E-state index is 11.7. The Bertz CT molecular complexity index is 400. The molecule has 1 heterocycles. The monoisotopic (exact) mass is 221 g/mol. The quantitative estimate of drug-likeness (QED) is 0.645. The number of thiol groups is 1. The van der Waals surface area contributed by atoms with E-state index < -0.39 is 4.75 Å². The Morgan fingerprint density at radius 3 is 2.87 bits per heavy atom. The van der Waals surface area contributed by atoms with Crippen molar-refractivity contribution in [1.29, 1.82) is 0 Å². The topological polar surface area (TPSA) is 29.1 Å². The van der Waals surface area contributed by atoms with Gasteiger partial charge >= 0.3 is 0 Å². The summed E-state index contributed by atoms with van der Waals surface area (Å²) in [5.74, 6) is -0.0480. The molecule has 0 saturated carbocycles. The summed E-state index contributed by atoms with van der Waals surface area (Å²) in [7, 11) is 0. The number of hydrogen-bond acceptors (Lipinski definition) is 2. The second-order valence-corrected chi connectivity index (χ2v) is 5.17. The molecule has 0 fully saturated rings. The van der Waals surface area contributed by atoms with Crippen LogP contribution in [-0.2, 0) is 16.1 Å². The number of benzene rings is 1. The Balaban J connectivity index is 2.56. The minimum absolute atomic E-state index is 0.0729. The average Bonchev–Trinajstić information content (AvgIpc) is 2.31. The van der Waals surface area contributed by atoms with Crippen LogP contribution in [0.3, 0.4) is 0 Å².